The molecule has 4 rings (SSSR count). The molecule has 0 radical (unpaired) electrons. The SMILES string of the molecule is Cc1cc(NCCO)ccc1/C=C/S(=O)(=O)N1CCC2(CC1)N=C(C1CCC(C)CC1)NC2=O. The van der Waals surface area contributed by atoms with Crippen molar-refractivity contribution in [3.8, 4) is 0 Å². The Balaban J connectivity index is 1.39. The van der Waals surface area contributed by atoms with Crippen LogP contribution in [0.1, 0.15) is 56.6 Å². The standard InChI is InChI=1S/C25H36N4O4S/c1-18-3-5-21(6-4-18)23-27-24(31)25(28-23)10-13-29(14-11-25)34(32,33)16-9-20-7-8-22(17-19(20)2)26-12-15-30/h7-9,16-18,21,26,30H,3-6,10-15H2,1-2H3,(H,27,28,31)/b16-9+. The molecule has 1 saturated heterocycles. The number of piperidine rings is 1. The van der Waals surface area contributed by atoms with Gasteiger partial charge in [-0.15, -0.1) is 0 Å². The van der Waals surface area contributed by atoms with E-state index in [1.807, 2.05) is 25.1 Å². The summed E-state index contributed by atoms with van der Waals surface area (Å²) >= 11 is 0. The molecule has 8 nitrogen and oxygen atoms in total. The number of aliphatic imine (C=N–C) groups is 1. The molecule has 2 heterocycles. The summed E-state index contributed by atoms with van der Waals surface area (Å²) in [5.41, 5.74) is 1.82. The van der Waals surface area contributed by atoms with Crippen molar-refractivity contribution in [3.63, 3.8) is 0 Å². The first-order valence-corrected chi connectivity index (χ1v) is 13.8. The highest BCUT2D eigenvalue weighted by atomic mass is 32.2. The topological polar surface area (TPSA) is 111 Å². The molecular formula is C25H36N4O4S. The molecule has 1 saturated carbocycles. The first-order chi connectivity index (χ1) is 16.2. The van der Waals surface area contributed by atoms with Gasteiger partial charge < -0.3 is 15.7 Å². The number of nitrogens with zero attached hydrogens (tertiary/aromatic N) is 2. The van der Waals surface area contributed by atoms with Crippen LogP contribution < -0.4 is 10.6 Å². The van der Waals surface area contributed by atoms with Crippen molar-refractivity contribution in [2.75, 3.05) is 31.6 Å². The molecule has 9 heteroatoms. The highest BCUT2D eigenvalue weighted by Gasteiger charge is 2.48. The zero-order valence-electron chi connectivity index (χ0n) is 20.1. The molecular weight excluding hydrogens is 452 g/mol. The quantitative estimate of drug-likeness (QED) is 0.547. The number of nitrogens with one attached hydrogen (secondary N) is 2. The van der Waals surface area contributed by atoms with Gasteiger partial charge in [-0.25, -0.2) is 8.42 Å². The van der Waals surface area contributed by atoms with Crippen LogP contribution in [0.25, 0.3) is 6.08 Å². The van der Waals surface area contributed by atoms with Crippen molar-refractivity contribution < 1.29 is 18.3 Å². The number of hydrogen-bond donors (Lipinski definition) is 3. The fourth-order valence-electron chi connectivity index (χ4n) is 5.14. The van der Waals surface area contributed by atoms with E-state index in [1.54, 1.807) is 6.08 Å². The maximum atomic E-state index is 13.0. The van der Waals surface area contributed by atoms with Gasteiger partial charge in [0.1, 0.15) is 11.4 Å². The van der Waals surface area contributed by atoms with Gasteiger partial charge in [-0.3, -0.25) is 9.79 Å². The van der Waals surface area contributed by atoms with E-state index < -0.39 is 15.6 Å². The molecule has 1 aliphatic carbocycles. The lowest BCUT2D eigenvalue weighted by Crippen LogP contribution is -2.50. The summed E-state index contributed by atoms with van der Waals surface area (Å²) in [5.74, 6) is 1.80. The van der Waals surface area contributed by atoms with Crippen LogP contribution in [-0.2, 0) is 14.8 Å². The molecule has 1 aromatic carbocycles. The van der Waals surface area contributed by atoms with Crippen LogP contribution >= 0.6 is 0 Å². The van der Waals surface area contributed by atoms with E-state index in [0.29, 0.717) is 25.3 Å². The molecule has 0 atom stereocenters. The third-order valence-corrected chi connectivity index (χ3v) is 9.01. The Hall–Kier alpha value is -2.23. The van der Waals surface area contributed by atoms with E-state index in [9.17, 15) is 13.2 Å². The van der Waals surface area contributed by atoms with Gasteiger partial charge in [0.2, 0.25) is 10.0 Å². The smallest absolute Gasteiger partial charge is 0.253 e. The number of aryl methyl sites for hydroxylation is 1. The molecule has 1 aromatic rings. The van der Waals surface area contributed by atoms with Crippen LogP contribution in [0.15, 0.2) is 28.6 Å². The molecule has 0 aromatic heterocycles. The second-order valence-electron chi connectivity index (χ2n) is 9.91. The van der Waals surface area contributed by atoms with Crippen LogP contribution in [0.2, 0.25) is 0 Å². The van der Waals surface area contributed by atoms with Crippen LogP contribution in [-0.4, -0.2) is 61.4 Å². The highest BCUT2D eigenvalue weighted by Crippen LogP contribution is 2.36. The lowest BCUT2D eigenvalue weighted by Gasteiger charge is -2.34. The third kappa shape index (κ3) is 5.37. The second-order valence-corrected chi connectivity index (χ2v) is 11.7. The van der Waals surface area contributed by atoms with Crippen LogP contribution in [0, 0.1) is 18.8 Å². The summed E-state index contributed by atoms with van der Waals surface area (Å²) in [7, 11) is -3.60. The molecule has 2 fully saturated rings. The average molecular weight is 489 g/mol. The van der Waals surface area contributed by atoms with Gasteiger partial charge in [0, 0.05) is 36.6 Å². The lowest BCUT2D eigenvalue weighted by atomic mass is 9.82. The van der Waals surface area contributed by atoms with E-state index in [0.717, 1.165) is 54.3 Å². The number of anilines is 1. The van der Waals surface area contributed by atoms with E-state index in [2.05, 4.69) is 17.6 Å². The second kappa shape index (κ2) is 10.2. The first kappa shape index (κ1) is 24.9. The van der Waals surface area contributed by atoms with Gasteiger partial charge in [0.25, 0.3) is 5.91 Å². The Morgan fingerprint density at radius 2 is 1.94 bits per heavy atom. The van der Waals surface area contributed by atoms with Gasteiger partial charge in [-0.1, -0.05) is 25.8 Å². The van der Waals surface area contributed by atoms with Crippen molar-refractivity contribution in [1.29, 1.82) is 0 Å². The normalized spacial score (nSPS) is 25.5. The molecule has 1 spiro atoms. The summed E-state index contributed by atoms with van der Waals surface area (Å²) in [6.07, 6.45) is 6.86. The van der Waals surface area contributed by atoms with E-state index in [-0.39, 0.29) is 25.6 Å². The Bertz CT molecular complexity index is 1070. The minimum Gasteiger partial charge on any atom is -0.395 e. The van der Waals surface area contributed by atoms with Crippen molar-refractivity contribution in [2.45, 2.75) is 57.9 Å². The Labute approximate surface area is 202 Å². The Kier molecular flexibility index (Phi) is 7.45. The summed E-state index contributed by atoms with van der Waals surface area (Å²) < 4.78 is 27.4. The number of carbonyl (C=O) groups is 1. The summed E-state index contributed by atoms with van der Waals surface area (Å²) in [4.78, 5) is 17.7. The van der Waals surface area contributed by atoms with Gasteiger partial charge >= 0.3 is 0 Å². The number of carbonyl (C=O) groups excluding carboxylic acids is 1. The predicted octanol–water partition coefficient (Wildman–Crippen LogP) is 2.89. The number of sulfonamides is 1. The molecule has 3 N–H and O–H groups in total. The van der Waals surface area contributed by atoms with Crippen molar-refractivity contribution >= 4 is 33.5 Å². The molecule has 2 aliphatic heterocycles. The van der Waals surface area contributed by atoms with E-state index >= 15 is 0 Å². The molecule has 0 unspecified atom stereocenters. The predicted molar refractivity (Wildman–Crippen MR) is 135 cm³/mol. The lowest BCUT2D eigenvalue weighted by molar-refractivity contribution is -0.124. The number of amidine groups is 1. The van der Waals surface area contributed by atoms with Crippen molar-refractivity contribution in [3.05, 3.63) is 34.7 Å². The number of amides is 1. The maximum absolute atomic E-state index is 13.0. The Morgan fingerprint density at radius 3 is 2.59 bits per heavy atom. The van der Waals surface area contributed by atoms with Crippen LogP contribution in [0.4, 0.5) is 5.69 Å². The third-order valence-electron chi connectivity index (χ3n) is 7.44. The minimum absolute atomic E-state index is 0.0458. The summed E-state index contributed by atoms with van der Waals surface area (Å²) in [6.45, 7) is 5.25. The first-order valence-electron chi connectivity index (χ1n) is 12.3. The molecule has 186 valence electrons. The zero-order valence-corrected chi connectivity index (χ0v) is 20.9. The molecule has 34 heavy (non-hydrogen) atoms. The van der Waals surface area contributed by atoms with Crippen LogP contribution in [0.3, 0.4) is 0 Å². The molecule has 1 amide bonds. The molecule has 0 bridgehead atoms. The summed E-state index contributed by atoms with van der Waals surface area (Å²) in [6, 6.07) is 5.64. The van der Waals surface area contributed by atoms with Gasteiger partial charge in [-0.05, 0) is 67.9 Å². The number of aliphatic hydroxyl groups is 1. The number of aliphatic hydroxyl groups excluding tert-OH is 1. The van der Waals surface area contributed by atoms with E-state index in [1.165, 1.54) is 9.71 Å². The largest absolute Gasteiger partial charge is 0.395 e. The maximum Gasteiger partial charge on any atom is 0.253 e. The molecule has 3 aliphatic rings. The highest BCUT2D eigenvalue weighted by molar-refractivity contribution is 7.92. The summed E-state index contributed by atoms with van der Waals surface area (Å²) in [5, 5.41) is 16.3. The van der Waals surface area contributed by atoms with Crippen molar-refractivity contribution in [1.82, 2.24) is 9.62 Å². The average Bonchev–Trinajstić information content (AvgIpc) is 3.13. The van der Waals surface area contributed by atoms with E-state index in [4.69, 9.17) is 10.1 Å². The number of rotatable bonds is 7. The fourth-order valence-corrected chi connectivity index (χ4v) is 6.32. The monoisotopic (exact) mass is 488 g/mol. The number of hydrogen-bond acceptors (Lipinski definition) is 6. The minimum atomic E-state index is -3.60. The zero-order chi connectivity index (χ0) is 24.3. The van der Waals surface area contributed by atoms with Gasteiger partial charge in [-0.2, -0.15) is 4.31 Å². The number of benzene rings is 1. The van der Waals surface area contributed by atoms with Gasteiger partial charge in [0.15, 0.2) is 0 Å². The van der Waals surface area contributed by atoms with Crippen molar-refractivity contribution in [2.24, 2.45) is 16.8 Å². The van der Waals surface area contributed by atoms with Gasteiger partial charge in [0.05, 0.1) is 6.61 Å². The van der Waals surface area contributed by atoms with Crippen LogP contribution in [0.5, 0.6) is 0 Å². The Morgan fingerprint density at radius 1 is 1.24 bits per heavy atom. The fraction of sp³-hybridized carbons (Fsp3) is 0.600.